The summed E-state index contributed by atoms with van der Waals surface area (Å²) < 4.78 is 13.5. The minimum atomic E-state index is -0.954. The first kappa shape index (κ1) is 18.0. The number of aliphatic hydroxyl groups is 1. The van der Waals surface area contributed by atoms with Gasteiger partial charge in [-0.05, 0) is 36.2 Å². The van der Waals surface area contributed by atoms with Gasteiger partial charge in [-0.25, -0.2) is 4.39 Å². The van der Waals surface area contributed by atoms with Crippen LogP contribution in [0.5, 0.6) is 0 Å². The van der Waals surface area contributed by atoms with E-state index in [1.807, 2.05) is 19.1 Å². The Morgan fingerprint density at radius 2 is 1.96 bits per heavy atom. The van der Waals surface area contributed by atoms with E-state index in [2.05, 4.69) is 5.32 Å². The summed E-state index contributed by atoms with van der Waals surface area (Å²) in [6.07, 6.45) is -0.492. The number of thioether (sulfide) groups is 1. The number of nitrogens with one attached hydrogen (secondary N) is 1. The van der Waals surface area contributed by atoms with Gasteiger partial charge in [0.1, 0.15) is 10.7 Å². The van der Waals surface area contributed by atoms with Crippen molar-refractivity contribution in [2.45, 2.75) is 17.9 Å². The summed E-state index contributed by atoms with van der Waals surface area (Å²) in [6.45, 7) is 2.50. The first-order valence-corrected chi connectivity index (χ1v) is 9.68. The Balaban J connectivity index is 1.87. The van der Waals surface area contributed by atoms with E-state index in [1.54, 1.807) is 23.1 Å². The van der Waals surface area contributed by atoms with Crippen molar-refractivity contribution < 1.29 is 19.1 Å². The van der Waals surface area contributed by atoms with Crippen molar-refractivity contribution in [3.63, 3.8) is 0 Å². The fourth-order valence-corrected chi connectivity index (χ4v) is 4.99. The summed E-state index contributed by atoms with van der Waals surface area (Å²) >= 11 is 1.39. The highest BCUT2D eigenvalue weighted by molar-refractivity contribution is 8.01. The second-order valence-corrected chi connectivity index (χ2v) is 8.08. The third-order valence-corrected chi connectivity index (χ3v) is 6.37. The Kier molecular flexibility index (Phi) is 4.44. The van der Waals surface area contributed by atoms with Crippen LogP contribution in [0.3, 0.4) is 0 Å². The van der Waals surface area contributed by atoms with E-state index >= 15 is 0 Å². The Morgan fingerprint density at radius 3 is 2.56 bits per heavy atom. The second-order valence-electron chi connectivity index (χ2n) is 6.89. The molecule has 2 fully saturated rings. The van der Waals surface area contributed by atoms with Gasteiger partial charge in [0.2, 0.25) is 5.91 Å². The monoisotopic (exact) mass is 386 g/mol. The number of aryl methyl sites for hydroxylation is 1. The van der Waals surface area contributed by atoms with Gasteiger partial charge in [-0.2, -0.15) is 0 Å². The van der Waals surface area contributed by atoms with Crippen molar-refractivity contribution in [2.24, 2.45) is 0 Å². The number of β-amino-alcohol motifs (C(OH)–C–C–N with tert-alkyl or cyclic N) is 1. The van der Waals surface area contributed by atoms with Crippen molar-refractivity contribution in [1.29, 1.82) is 0 Å². The third kappa shape index (κ3) is 3.00. The highest BCUT2D eigenvalue weighted by Gasteiger charge is 2.46. The zero-order chi connectivity index (χ0) is 19.2. The number of hydrogen-bond donors (Lipinski definition) is 2. The maximum atomic E-state index is 13.5. The van der Waals surface area contributed by atoms with Crippen LogP contribution in [0.2, 0.25) is 0 Å². The SMILES string of the molecule is Cc1cccc(C(=O)N2CC(O)C2)c1C1(c2ccc(F)cc2)NC(=O)CS1. The molecule has 2 N–H and O–H groups in total. The second kappa shape index (κ2) is 6.65. The van der Waals surface area contributed by atoms with Gasteiger partial charge in [-0.1, -0.05) is 24.3 Å². The van der Waals surface area contributed by atoms with Gasteiger partial charge in [-0.15, -0.1) is 11.8 Å². The van der Waals surface area contributed by atoms with E-state index in [0.717, 1.165) is 5.56 Å². The fourth-order valence-electron chi connectivity index (χ4n) is 3.67. The zero-order valence-electron chi connectivity index (χ0n) is 14.7. The minimum absolute atomic E-state index is 0.134. The molecule has 27 heavy (non-hydrogen) atoms. The van der Waals surface area contributed by atoms with Gasteiger partial charge in [0.15, 0.2) is 0 Å². The predicted octanol–water partition coefficient (Wildman–Crippen LogP) is 2.01. The van der Waals surface area contributed by atoms with Gasteiger partial charge in [0, 0.05) is 24.2 Å². The van der Waals surface area contributed by atoms with Crippen LogP contribution in [0.1, 0.15) is 27.0 Å². The van der Waals surface area contributed by atoms with E-state index in [9.17, 15) is 19.1 Å². The summed E-state index contributed by atoms with van der Waals surface area (Å²) in [5.41, 5.74) is 2.77. The molecule has 0 spiro atoms. The first-order valence-electron chi connectivity index (χ1n) is 8.69. The van der Waals surface area contributed by atoms with Crippen LogP contribution in [0.15, 0.2) is 42.5 Å². The average Bonchev–Trinajstić information content (AvgIpc) is 3.01. The molecule has 140 valence electrons. The quantitative estimate of drug-likeness (QED) is 0.847. The average molecular weight is 386 g/mol. The molecule has 0 bridgehead atoms. The van der Waals surface area contributed by atoms with Gasteiger partial charge >= 0.3 is 0 Å². The molecular formula is C20H19FN2O3S. The van der Waals surface area contributed by atoms with Crippen LogP contribution < -0.4 is 5.32 Å². The molecule has 1 atom stereocenters. The molecule has 2 aliphatic rings. The van der Waals surface area contributed by atoms with E-state index in [-0.39, 0.29) is 23.4 Å². The number of carbonyl (C=O) groups is 2. The summed E-state index contributed by atoms with van der Waals surface area (Å²) in [4.78, 5) is 25.9. The number of likely N-dealkylation sites (tertiary alicyclic amines) is 1. The molecule has 2 aromatic rings. The lowest BCUT2D eigenvalue weighted by atomic mass is 9.88. The molecule has 0 aromatic heterocycles. The molecule has 4 rings (SSSR count). The summed E-state index contributed by atoms with van der Waals surface area (Å²) in [6, 6.07) is 11.4. The van der Waals surface area contributed by atoms with E-state index < -0.39 is 11.0 Å². The van der Waals surface area contributed by atoms with Crippen LogP contribution in [0.4, 0.5) is 4.39 Å². The molecule has 0 aliphatic carbocycles. The van der Waals surface area contributed by atoms with Crippen LogP contribution in [0, 0.1) is 12.7 Å². The Labute approximate surface area is 160 Å². The van der Waals surface area contributed by atoms with Crippen LogP contribution >= 0.6 is 11.8 Å². The lowest BCUT2D eigenvalue weighted by molar-refractivity contribution is -0.118. The lowest BCUT2D eigenvalue weighted by Crippen LogP contribution is -2.54. The number of benzene rings is 2. The van der Waals surface area contributed by atoms with Gasteiger partial charge < -0.3 is 15.3 Å². The predicted molar refractivity (Wildman–Crippen MR) is 101 cm³/mol. The van der Waals surface area contributed by atoms with E-state index in [4.69, 9.17) is 0 Å². The van der Waals surface area contributed by atoms with Crippen molar-refractivity contribution in [1.82, 2.24) is 10.2 Å². The summed E-state index contributed by atoms with van der Waals surface area (Å²) in [5.74, 6) is -0.423. The number of aliphatic hydroxyl groups excluding tert-OH is 1. The maximum absolute atomic E-state index is 13.5. The fraction of sp³-hybridized carbons (Fsp3) is 0.300. The topological polar surface area (TPSA) is 69.6 Å². The number of hydrogen-bond acceptors (Lipinski definition) is 4. The van der Waals surface area contributed by atoms with E-state index in [0.29, 0.717) is 29.8 Å². The summed E-state index contributed by atoms with van der Waals surface area (Å²) in [7, 11) is 0. The molecule has 2 amide bonds. The molecule has 2 heterocycles. The van der Waals surface area contributed by atoms with Crippen molar-refractivity contribution in [3.05, 3.63) is 70.5 Å². The minimum Gasteiger partial charge on any atom is -0.389 e. The Bertz CT molecular complexity index is 912. The van der Waals surface area contributed by atoms with Crippen LogP contribution in [-0.2, 0) is 9.67 Å². The molecular weight excluding hydrogens is 367 g/mol. The number of rotatable bonds is 3. The molecule has 5 nitrogen and oxygen atoms in total. The number of halogens is 1. The maximum Gasteiger partial charge on any atom is 0.254 e. The number of carbonyl (C=O) groups excluding carboxylic acids is 2. The van der Waals surface area contributed by atoms with Crippen molar-refractivity contribution in [3.8, 4) is 0 Å². The molecule has 2 aromatic carbocycles. The number of amides is 2. The standard InChI is InChI=1S/C20H19FN2O3S/c1-12-3-2-4-16(19(26)23-9-15(24)10-23)18(12)20(22-17(25)11-27-20)13-5-7-14(21)8-6-13/h2-8,15,24H,9-11H2,1H3,(H,22,25). The summed E-state index contributed by atoms with van der Waals surface area (Å²) in [5, 5.41) is 12.6. The Morgan fingerprint density at radius 1 is 1.26 bits per heavy atom. The van der Waals surface area contributed by atoms with E-state index in [1.165, 1.54) is 23.9 Å². The van der Waals surface area contributed by atoms with Crippen molar-refractivity contribution >= 4 is 23.6 Å². The van der Waals surface area contributed by atoms with Crippen LogP contribution in [0.25, 0.3) is 0 Å². The molecule has 0 radical (unpaired) electrons. The third-order valence-electron chi connectivity index (χ3n) is 4.99. The smallest absolute Gasteiger partial charge is 0.254 e. The van der Waals surface area contributed by atoms with Crippen molar-refractivity contribution in [2.75, 3.05) is 18.8 Å². The molecule has 1 unspecified atom stereocenters. The molecule has 0 saturated carbocycles. The number of nitrogens with zero attached hydrogens (tertiary/aromatic N) is 1. The lowest BCUT2D eigenvalue weighted by Gasteiger charge is -2.38. The highest BCUT2D eigenvalue weighted by atomic mass is 32.2. The zero-order valence-corrected chi connectivity index (χ0v) is 15.6. The largest absolute Gasteiger partial charge is 0.389 e. The van der Waals surface area contributed by atoms with Gasteiger partial charge in [0.05, 0.1) is 11.9 Å². The normalized spacial score (nSPS) is 22.5. The van der Waals surface area contributed by atoms with Gasteiger partial charge in [0.25, 0.3) is 5.91 Å². The first-order chi connectivity index (χ1) is 12.9. The molecule has 7 heteroatoms. The Hall–Kier alpha value is -2.38. The highest BCUT2D eigenvalue weighted by Crippen LogP contribution is 2.46. The molecule has 2 aliphatic heterocycles. The van der Waals surface area contributed by atoms with Gasteiger partial charge in [-0.3, -0.25) is 9.59 Å². The molecule has 2 saturated heterocycles. The van der Waals surface area contributed by atoms with Crippen LogP contribution in [-0.4, -0.2) is 46.8 Å².